The molecule has 64 heavy (non-hydrogen) atoms. The number of rotatable bonds is 6. The average Bonchev–Trinajstić information content (AvgIpc) is 3.88. The van der Waals surface area contributed by atoms with E-state index >= 15 is 0 Å². The summed E-state index contributed by atoms with van der Waals surface area (Å²) in [5.74, 6) is 0. The summed E-state index contributed by atoms with van der Waals surface area (Å²) in [6.45, 7) is 0. The summed E-state index contributed by atoms with van der Waals surface area (Å²) in [6, 6.07) is 90.8. The van der Waals surface area contributed by atoms with Crippen molar-refractivity contribution >= 4 is 96.3 Å². The molecule has 300 valence electrons. The molecule has 0 aliphatic carbocycles. The van der Waals surface area contributed by atoms with Gasteiger partial charge in [0.15, 0.2) is 0 Å². The molecule has 0 saturated heterocycles. The van der Waals surface area contributed by atoms with Gasteiger partial charge in [-0.1, -0.05) is 60.7 Å². The second-order valence-corrected chi connectivity index (χ2v) is 22.9. The van der Waals surface area contributed by atoms with Gasteiger partial charge >= 0.3 is 276 Å². The van der Waals surface area contributed by atoms with E-state index in [9.17, 15) is 0 Å². The van der Waals surface area contributed by atoms with E-state index in [4.69, 9.17) is 0 Å². The van der Waals surface area contributed by atoms with Gasteiger partial charge in [0, 0.05) is 5.69 Å². The van der Waals surface area contributed by atoms with Crippen molar-refractivity contribution in [2.24, 2.45) is 0 Å². The Morgan fingerprint density at radius 2 is 0.750 bits per heavy atom. The smallest absolute Gasteiger partial charge is 0.0617 e. The predicted molar refractivity (Wildman–Crippen MR) is 275 cm³/mol. The molecule has 12 aromatic rings. The third-order valence-corrected chi connectivity index (χ3v) is 21.5. The van der Waals surface area contributed by atoms with Crippen LogP contribution in [0.1, 0.15) is 0 Å². The minimum Gasteiger partial charge on any atom is -0.0617 e. The van der Waals surface area contributed by atoms with E-state index in [1.807, 2.05) is 0 Å². The van der Waals surface area contributed by atoms with Crippen LogP contribution in [0.25, 0.3) is 77.2 Å². The molecule has 0 bridgehead atoms. The van der Waals surface area contributed by atoms with E-state index in [1.165, 1.54) is 101 Å². The zero-order valence-corrected chi connectivity index (χ0v) is 37.6. The Morgan fingerprint density at radius 3 is 1.38 bits per heavy atom. The molecule has 0 spiro atoms. The second-order valence-electron chi connectivity index (χ2n) is 16.8. The zero-order chi connectivity index (χ0) is 42.2. The summed E-state index contributed by atoms with van der Waals surface area (Å²) in [4.78, 5) is 0. The number of aromatic nitrogens is 2. The molecular weight excluding hydrogens is 856 g/mol. The Labute approximate surface area is 379 Å². The minimum atomic E-state index is -2.60. The van der Waals surface area contributed by atoms with E-state index in [-0.39, 0.29) is 15.0 Å². The molecule has 0 N–H and O–H groups in total. The third-order valence-electron chi connectivity index (χ3n) is 13.4. The maximum absolute atomic E-state index is 2.60. The Morgan fingerprint density at radius 1 is 0.281 bits per heavy atom. The van der Waals surface area contributed by atoms with Crippen LogP contribution in [0.2, 0.25) is 0 Å². The molecule has 2 aromatic heterocycles. The fourth-order valence-corrected chi connectivity index (χ4v) is 19.9. The molecular formula is C60H40N2SeSi. The Bertz CT molecular complexity index is 3720. The fraction of sp³-hybridized carbons (Fsp3) is 0. The second kappa shape index (κ2) is 14.8. The molecule has 4 heteroatoms. The summed E-state index contributed by atoms with van der Waals surface area (Å²) >= 11 is 0.153. The molecule has 3 heterocycles. The van der Waals surface area contributed by atoms with E-state index < -0.39 is 8.07 Å². The summed E-state index contributed by atoms with van der Waals surface area (Å²) in [5.41, 5.74) is 12.1. The Balaban J connectivity index is 0.957. The first-order valence-electron chi connectivity index (χ1n) is 22.0. The molecule has 13 rings (SSSR count). The normalized spacial score (nSPS) is 13.1. The van der Waals surface area contributed by atoms with E-state index in [0.717, 1.165) is 5.69 Å². The first-order valence-corrected chi connectivity index (χ1v) is 25.7. The number of fused-ring (bicyclic) bond motifs is 8. The quantitative estimate of drug-likeness (QED) is 0.147. The molecule has 0 fully saturated rings. The van der Waals surface area contributed by atoms with Crippen molar-refractivity contribution in [3.05, 3.63) is 243 Å². The average molecular weight is 896 g/mol. The van der Waals surface area contributed by atoms with Crippen molar-refractivity contribution in [3.8, 4) is 33.6 Å². The van der Waals surface area contributed by atoms with Crippen molar-refractivity contribution in [1.29, 1.82) is 0 Å². The SMILES string of the molecule is c1ccc(-c2cccc(-n3c4ccccc4c4cc(-c5ccc6c(c5)c5ccccc5n6-c5ccc6c(c5)[Se]c5ccccc5[Si]6(c5ccccc5)c5ccccc5)ccc43)c2)cc1. The van der Waals surface area contributed by atoms with Gasteiger partial charge in [-0.3, -0.25) is 0 Å². The van der Waals surface area contributed by atoms with Crippen LogP contribution in [-0.2, 0) is 0 Å². The summed E-state index contributed by atoms with van der Waals surface area (Å²) < 4.78 is 7.89. The predicted octanol–water partition coefficient (Wildman–Crippen LogP) is 10.6. The van der Waals surface area contributed by atoms with Gasteiger partial charge in [-0.25, -0.2) is 0 Å². The van der Waals surface area contributed by atoms with Crippen LogP contribution in [0.15, 0.2) is 243 Å². The van der Waals surface area contributed by atoms with Crippen molar-refractivity contribution in [3.63, 3.8) is 0 Å². The summed E-state index contributed by atoms with van der Waals surface area (Å²) in [5, 5.41) is 10.9. The van der Waals surface area contributed by atoms with Crippen molar-refractivity contribution in [2.75, 3.05) is 0 Å². The third kappa shape index (κ3) is 5.64. The van der Waals surface area contributed by atoms with Gasteiger partial charge in [-0.05, 0) is 29.3 Å². The van der Waals surface area contributed by atoms with E-state index in [2.05, 4.69) is 252 Å². The van der Waals surface area contributed by atoms with Crippen LogP contribution in [0.3, 0.4) is 0 Å². The fourth-order valence-electron chi connectivity index (χ4n) is 10.7. The topological polar surface area (TPSA) is 9.86 Å². The molecule has 0 unspecified atom stereocenters. The first kappa shape index (κ1) is 37.1. The van der Waals surface area contributed by atoms with Crippen molar-refractivity contribution in [1.82, 2.24) is 9.13 Å². The molecule has 0 atom stereocenters. The molecule has 2 nitrogen and oxygen atoms in total. The minimum absolute atomic E-state index is 0.153. The van der Waals surface area contributed by atoms with Crippen LogP contribution < -0.4 is 29.7 Å². The van der Waals surface area contributed by atoms with Gasteiger partial charge in [0.05, 0.1) is 5.52 Å². The molecule has 0 radical (unpaired) electrons. The van der Waals surface area contributed by atoms with Crippen LogP contribution in [0.4, 0.5) is 0 Å². The van der Waals surface area contributed by atoms with E-state index in [0.29, 0.717) is 0 Å². The number of nitrogens with zero attached hydrogens (tertiary/aromatic N) is 2. The monoisotopic (exact) mass is 896 g/mol. The first-order chi connectivity index (χ1) is 31.7. The van der Waals surface area contributed by atoms with Gasteiger partial charge < -0.3 is 4.57 Å². The molecule has 1 aliphatic rings. The number of para-hydroxylation sites is 2. The molecule has 10 aromatic carbocycles. The Kier molecular flexibility index (Phi) is 8.60. The van der Waals surface area contributed by atoms with Gasteiger partial charge in [0.25, 0.3) is 0 Å². The maximum atomic E-state index is 2.53. The van der Waals surface area contributed by atoms with Crippen LogP contribution in [-0.4, -0.2) is 32.2 Å². The van der Waals surface area contributed by atoms with Crippen LogP contribution in [0.5, 0.6) is 0 Å². The number of hydrogen-bond donors (Lipinski definition) is 0. The molecule has 1 aliphatic heterocycles. The van der Waals surface area contributed by atoms with E-state index in [1.54, 1.807) is 0 Å². The van der Waals surface area contributed by atoms with Crippen molar-refractivity contribution in [2.45, 2.75) is 0 Å². The van der Waals surface area contributed by atoms with Crippen molar-refractivity contribution < 1.29 is 0 Å². The summed E-state index contributed by atoms with van der Waals surface area (Å²) in [7, 11) is -2.60. The van der Waals surface area contributed by atoms with Crippen LogP contribution in [0, 0.1) is 0 Å². The number of hydrogen-bond acceptors (Lipinski definition) is 0. The van der Waals surface area contributed by atoms with Gasteiger partial charge in [-0.15, -0.1) is 0 Å². The van der Waals surface area contributed by atoms with Gasteiger partial charge in [0.2, 0.25) is 0 Å². The Hall–Kier alpha value is -7.46. The van der Waals surface area contributed by atoms with Gasteiger partial charge in [0.1, 0.15) is 0 Å². The molecule has 0 saturated carbocycles. The standard InChI is InChI=1S/C60H40N2SeSi/c1-4-17-41(18-5-1)42-19-16-20-45(37-42)61-53-27-12-10-25-49(53)51-38-43(31-34-55(51)61)44-32-35-56-52(39-44)50-26-11-13-28-54(50)62(56)46-33-36-60-58(40-46)63-57-29-14-15-30-59(57)64(60,47-21-6-2-7-22-47)48-23-8-3-9-24-48/h1-40H. The summed E-state index contributed by atoms with van der Waals surface area (Å²) in [6.07, 6.45) is 0. The molecule has 0 amide bonds. The van der Waals surface area contributed by atoms with Crippen LogP contribution >= 0.6 is 0 Å². The zero-order valence-electron chi connectivity index (χ0n) is 34.9. The van der Waals surface area contributed by atoms with Gasteiger partial charge in [-0.2, -0.15) is 0 Å². The number of benzene rings is 10.